The van der Waals surface area contributed by atoms with E-state index in [2.05, 4.69) is 44.2 Å². The van der Waals surface area contributed by atoms with E-state index in [0.29, 0.717) is 46.9 Å². The number of sulfonamides is 1. The highest BCUT2D eigenvalue weighted by Gasteiger charge is 2.75. The maximum atomic E-state index is 15.6. The molecule has 0 aliphatic heterocycles. The second-order valence-electron chi connectivity index (χ2n) is 21.2. The van der Waals surface area contributed by atoms with Crippen LogP contribution in [-0.4, -0.2) is 53.5 Å². The molecular formula is C50H59NO5S2. The average Bonchev–Trinajstić information content (AvgIpc) is 3.84. The summed E-state index contributed by atoms with van der Waals surface area (Å²) in [4.78, 5) is 15.6. The van der Waals surface area contributed by atoms with Gasteiger partial charge in [-0.15, -0.1) is 11.3 Å². The number of allylic oxidation sites excluding steroid dienone is 4. The van der Waals surface area contributed by atoms with Gasteiger partial charge in [-0.05, 0) is 146 Å². The molecule has 2 N–H and O–H groups in total. The van der Waals surface area contributed by atoms with Gasteiger partial charge in [-0.2, -0.15) is 4.31 Å². The topological polar surface area (TPSA) is 94.9 Å². The zero-order valence-electron chi connectivity index (χ0n) is 34.1. The SMILES string of the molecule is CC12CCC(O)CC13C=CC1(C(C(=O)c4ccccc4-c4ccccc4)=C3)C2CCC2(C)C1CCC2(O)CN(CC12CC3CC(CC(C3)C1)C2)S(=O)(=O)c1cccs1. The maximum absolute atomic E-state index is 15.6. The Labute approximate surface area is 348 Å². The maximum Gasteiger partial charge on any atom is 0.252 e. The number of rotatable bonds is 9. The molecule has 7 fully saturated rings. The van der Waals surface area contributed by atoms with E-state index in [1.165, 1.54) is 30.6 Å². The Morgan fingerprint density at radius 2 is 1.43 bits per heavy atom. The lowest BCUT2D eigenvalue weighted by Crippen LogP contribution is -2.67. The van der Waals surface area contributed by atoms with Crippen molar-refractivity contribution in [1.29, 1.82) is 0 Å². The first-order chi connectivity index (χ1) is 27.7. The highest BCUT2D eigenvalue weighted by molar-refractivity contribution is 7.91. The molecule has 0 radical (unpaired) electrons. The van der Waals surface area contributed by atoms with Crippen LogP contribution in [0.3, 0.4) is 0 Å². The standard InChI is InChI=1S/C50H59NO5S2/c1-45-17-14-37(52)29-48(45)20-21-50(40(30-48)44(53)39-12-7-6-11-38(39)36-9-4-3-5-10-36)41(45)15-18-46(2)42(50)16-19-49(46,54)32-51(58(55,56)43-13-8-22-57-43)31-47-26-33-23-34(27-47)25-35(24-33)28-47/h3-13,20-22,30,33-35,37,41-42,52,54H,14-19,23-29,31-32H2,1-2H3. The number of carbonyl (C=O) groups excluding carboxylic acids is 1. The molecule has 1 heterocycles. The number of hydrogen-bond donors (Lipinski definition) is 2. The summed E-state index contributed by atoms with van der Waals surface area (Å²) in [7, 11) is -3.86. The zero-order valence-corrected chi connectivity index (χ0v) is 35.7. The quantitative estimate of drug-likeness (QED) is 0.166. The van der Waals surface area contributed by atoms with Crippen LogP contribution in [0.5, 0.6) is 0 Å². The van der Waals surface area contributed by atoms with Crippen molar-refractivity contribution in [2.24, 2.45) is 56.7 Å². The minimum Gasteiger partial charge on any atom is -0.393 e. The first kappa shape index (κ1) is 38.1. The molecule has 10 aliphatic carbocycles. The summed E-state index contributed by atoms with van der Waals surface area (Å²) in [6.07, 6.45) is 18.8. The summed E-state index contributed by atoms with van der Waals surface area (Å²) in [6, 6.07) is 21.7. The third-order valence-electron chi connectivity index (χ3n) is 18.4. The summed E-state index contributed by atoms with van der Waals surface area (Å²) in [5.41, 5.74) is 0.267. The summed E-state index contributed by atoms with van der Waals surface area (Å²) < 4.78 is 31.9. The highest BCUT2D eigenvalue weighted by atomic mass is 32.2. The Kier molecular flexibility index (Phi) is 8.42. The number of fused-ring (bicyclic) bond motifs is 1. The van der Waals surface area contributed by atoms with Gasteiger partial charge in [0.05, 0.1) is 11.7 Å². The fourth-order valence-corrected chi connectivity index (χ4v) is 19.0. The van der Waals surface area contributed by atoms with Gasteiger partial charge < -0.3 is 10.2 Å². The van der Waals surface area contributed by atoms with Crippen LogP contribution >= 0.6 is 11.3 Å². The molecule has 3 aromatic rings. The number of aliphatic hydroxyl groups is 2. The number of carbonyl (C=O) groups is 1. The van der Waals surface area contributed by atoms with Crippen molar-refractivity contribution in [3.8, 4) is 11.1 Å². The van der Waals surface area contributed by atoms with Crippen LogP contribution in [0.1, 0.15) is 108 Å². The second kappa shape index (κ2) is 12.8. The Balaban J connectivity index is 1.01. The summed E-state index contributed by atoms with van der Waals surface area (Å²) in [5.74, 6) is 2.21. The number of thiophene rings is 1. The fourth-order valence-electron chi connectivity index (χ4n) is 16.2. The van der Waals surface area contributed by atoms with Crippen LogP contribution in [0.2, 0.25) is 0 Å². The Morgan fingerprint density at radius 1 is 0.776 bits per heavy atom. The Bertz CT molecular complexity index is 2280. The Hall–Kier alpha value is -2.88. The molecule has 10 aliphatic rings. The van der Waals surface area contributed by atoms with E-state index >= 15 is 4.79 Å². The number of hydrogen-bond acceptors (Lipinski definition) is 6. The number of benzene rings is 2. The predicted octanol–water partition coefficient (Wildman–Crippen LogP) is 10.1. The first-order valence-corrected chi connectivity index (χ1v) is 24.6. The van der Waals surface area contributed by atoms with Gasteiger partial charge in [0.2, 0.25) is 0 Å². The van der Waals surface area contributed by atoms with E-state index in [0.717, 1.165) is 68.1 Å². The molecule has 6 nitrogen and oxygen atoms in total. The van der Waals surface area contributed by atoms with Crippen LogP contribution in [-0.2, 0) is 10.0 Å². The van der Waals surface area contributed by atoms with E-state index in [1.54, 1.807) is 10.4 Å². The summed E-state index contributed by atoms with van der Waals surface area (Å²) >= 11 is 1.28. The van der Waals surface area contributed by atoms with Crippen molar-refractivity contribution in [1.82, 2.24) is 4.31 Å². The summed E-state index contributed by atoms with van der Waals surface area (Å²) in [6.45, 7) is 5.23. The van der Waals surface area contributed by atoms with Gasteiger partial charge in [0.25, 0.3) is 10.0 Å². The number of Topliss-reactive ketones (excluding diaryl/α,β-unsaturated/α-hetero) is 1. The van der Waals surface area contributed by atoms with Crippen molar-refractivity contribution in [2.45, 2.75) is 113 Å². The minimum absolute atomic E-state index is 0.0296. The van der Waals surface area contributed by atoms with Crippen molar-refractivity contribution in [3.63, 3.8) is 0 Å². The molecule has 1 aromatic heterocycles. The molecule has 8 unspecified atom stereocenters. The second-order valence-corrected chi connectivity index (χ2v) is 24.3. The molecule has 2 spiro atoms. The van der Waals surface area contributed by atoms with Gasteiger partial charge in [0.1, 0.15) is 4.21 Å². The van der Waals surface area contributed by atoms with E-state index in [4.69, 9.17) is 0 Å². The van der Waals surface area contributed by atoms with Crippen LogP contribution in [0.15, 0.2) is 100 Å². The van der Waals surface area contributed by atoms with Gasteiger partial charge in [0, 0.05) is 40.5 Å². The number of ketones is 1. The molecule has 0 saturated heterocycles. The molecule has 8 heteroatoms. The molecule has 306 valence electrons. The van der Waals surface area contributed by atoms with Gasteiger partial charge in [-0.3, -0.25) is 4.79 Å². The van der Waals surface area contributed by atoms with Crippen LogP contribution in [0.4, 0.5) is 0 Å². The van der Waals surface area contributed by atoms with Gasteiger partial charge in [0.15, 0.2) is 5.78 Å². The van der Waals surface area contributed by atoms with E-state index in [9.17, 15) is 18.6 Å². The first-order valence-electron chi connectivity index (χ1n) is 22.3. The lowest BCUT2D eigenvalue weighted by molar-refractivity contribution is -0.175. The highest BCUT2D eigenvalue weighted by Crippen LogP contribution is 2.78. The lowest BCUT2D eigenvalue weighted by atomic mass is 9.32. The Morgan fingerprint density at radius 3 is 2.14 bits per heavy atom. The average molecular weight is 818 g/mol. The number of nitrogens with zero attached hydrogens (tertiary/aromatic N) is 1. The third kappa shape index (κ3) is 5.17. The molecule has 2 aromatic carbocycles. The molecule has 8 atom stereocenters. The molecule has 7 saturated carbocycles. The summed E-state index contributed by atoms with van der Waals surface area (Å²) in [5, 5.41) is 26.6. The smallest absolute Gasteiger partial charge is 0.252 e. The van der Waals surface area contributed by atoms with Crippen molar-refractivity contribution >= 4 is 27.1 Å². The molecule has 6 bridgehead atoms. The molecule has 58 heavy (non-hydrogen) atoms. The molecule has 0 amide bonds. The normalized spacial score (nSPS) is 43.2. The van der Waals surface area contributed by atoms with Crippen molar-refractivity contribution < 1.29 is 23.4 Å². The largest absolute Gasteiger partial charge is 0.393 e. The zero-order chi connectivity index (χ0) is 39.9. The van der Waals surface area contributed by atoms with Crippen molar-refractivity contribution in [2.75, 3.05) is 13.1 Å². The fraction of sp³-hybridized carbons (Fsp3) is 0.580. The van der Waals surface area contributed by atoms with Gasteiger partial charge in [-0.1, -0.05) is 92.7 Å². The van der Waals surface area contributed by atoms with E-state index in [1.807, 2.05) is 53.9 Å². The van der Waals surface area contributed by atoms with Crippen molar-refractivity contribution in [3.05, 3.63) is 101 Å². The van der Waals surface area contributed by atoms with Gasteiger partial charge >= 0.3 is 0 Å². The minimum atomic E-state index is -3.86. The van der Waals surface area contributed by atoms with Crippen LogP contribution < -0.4 is 0 Å². The lowest BCUT2D eigenvalue weighted by Gasteiger charge is -2.71. The molecule has 13 rings (SSSR count). The predicted molar refractivity (Wildman–Crippen MR) is 228 cm³/mol. The van der Waals surface area contributed by atoms with Crippen LogP contribution in [0.25, 0.3) is 11.1 Å². The van der Waals surface area contributed by atoms with Gasteiger partial charge in [-0.25, -0.2) is 8.42 Å². The number of aliphatic hydroxyl groups excluding tert-OH is 1. The molecular weight excluding hydrogens is 759 g/mol. The monoisotopic (exact) mass is 817 g/mol. The van der Waals surface area contributed by atoms with E-state index < -0.39 is 38.0 Å². The van der Waals surface area contributed by atoms with Crippen LogP contribution in [0, 0.1) is 56.7 Å². The van der Waals surface area contributed by atoms with E-state index in [-0.39, 0.29) is 35.0 Å². The third-order valence-corrected chi connectivity index (χ3v) is 21.6.